The van der Waals surface area contributed by atoms with Crippen LogP contribution in [-0.2, 0) is 18.9 Å². The second-order valence-corrected chi connectivity index (χ2v) is 4.79. The van der Waals surface area contributed by atoms with E-state index in [4.69, 9.17) is 18.9 Å². The van der Waals surface area contributed by atoms with Crippen molar-refractivity contribution >= 4 is 0 Å². The summed E-state index contributed by atoms with van der Waals surface area (Å²) >= 11 is 0. The Kier molecular flexibility index (Phi) is 3.85. The Labute approximate surface area is 102 Å². The van der Waals surface area contributed by atoms with Gasteiger partial charge in [0.15, 0.2) is 12.1 Å². The Balaban J connectivity index is 1.97. The third-order valence-corrected chi connectivity index (χ3v) is 2.97. The van der Waals surface area contributed by atoms with Gasteiger partial charge in [0.2, 0.25) is 0 Å². The Bertz CT molecular complexity index is 282. The second kappa shape index (κ2) is 5.04. The van der Waals surface area contributed by atoms with E-state index >= 15 is 0 Å². The molecule has 0 radical (unpaired) electrons. The van der Waals surface area contributed by atoms with Crippen LogP contribution in [0.1, 0.15) is 13.8 Å². The summed E-state index contributed by atoms with van der Waals surface area (Å²) < 4.78 is 22.7. The van der Waals surface area contributed by atoms with Gasteiger partial charge in [0, 0.05) is 20.2 Å². The minimum absolute atomic E-state index is 0.0494. The molecule has 2 heterocycles. The molecule has 0 aromatic heterocycles. The molecule has 1 N–H and O–H groups in total. The van der Waals surface area contributed by atoms with Gasteiger partial charge in [-0.2, -0.15) is 0 Å². The van der Waals surface area contributed by atoms with Gasteiger partial charge in [0.1, 0.15) is 18.3 Å². The second-order valence-electron chi connectivity index (χ2n) is 4.79. The average Bonchev–Trinajstić information content (AvgIpc) is 2.73. The zero-order valence-corrected chi connectivity index (χ0v) is 10.6. The van der Waals surface area contributed by atoms with Crippen LogP contribution in [-0.4, -0.2) is 50.6 Å². The molecule has 2 aliphatic rings. The highest BCUT2D eigenvalue weighted by atomic mass is 16.8. The molecular formula is C12H21NO4. The molecule has 98 valence electrons. The van der Waals surface area contributed by atoms with Gasteiger partial charge in [-0.1, -0.05) is 6.08 Å². The molecule has 2 fully saturated rings. The summed E-state index contributed by atoms with van der Waals surface area (Å²) in [4.78, 5) is 0. The van der Waals surface area contributed by atoms with Gasteiger partial charge < -0.3 is 24.3 Å². The highest BCUT2D eigenvalue weighted by molar-refractivity contribution is 4.96. The van der Waals surface area contributed by atoms with Crippen LogP contribution >= 0.6 is 0 Å². The number of methoxy groups -OCH3 is 1. The molecule has 0 aliphatic carbocycles. The quantitative estimate of drug-likeness (QED) is 0.567. The lowest BCUT2D eigenvalue weighted by Crippen LogP contribution is -2.37. The molecular weight excluding hydrogens is 222 g/mol. The third-order valence-electron chi connectivity index (χ3n) is 2.97. The fourth-order valence-corrected chi connectivity index (χ4v) is 2.32. The highest BCUT2D eigenvalue weighted by Gasteiger charge is 2.55. The van der Waals surface area contributed by atoms with Crippen molar-refractivity contribution in [1.82, 2.24) is 5.32 Å². The summed E-state index contributed by atoms with van der Waals surface area (Å²) in [6, 6.07) is 0. The lowest BCUT2D eigenvalue weighted by atomic mass is 10.1. The standard InChI is InChI=1S/C12H21NO4/c1-5-6-13-7-8-9-10(11(14-4)15-8)17-12(2,3)16-9/h5,8-11,13H,1,6-7H2,2-4H3/t8-,9+,10-,11+/m1/s1. The SMILES string of the molecule is C=CCNC[C@H]1O[C@H](OC)[C@@H]2OC(C)(C)O[C@H]21. The lowest BCUT2D eigenvalue weighted by molar-refractivity contribution is -0.226. The topological polar surface area (TPSA) is 49.0 Å². The molecule has 4 atom stereocenters. The van der Waals surface area contributed by atoms with Crippen LogP contribution in [0.4, 0.5) is 0 Å². The number of hydrogen-bond donors (Lipinski definition) is 1. The first-order valence-corrected chi connectivity index (χ1v) is 5.93. The van der Waals surface area contributed by atoms with Crippen LogP contribution in [0.5, 0.6) is 0 Å². The number of rotatable bonds is 5. The first-order valence-electron chi connectivity index (χ1n) is 5.93. The van der Waals surface area contributed by atoms with Gasteiger partial charge in [-0.3, -0.25) is 0 Å². The molecule has 0 aromatic rings. The summed E-state index contributed by atoms with van der Waals surface area (Å²) in [5, 5.41) is 3.23. The first-order chi connectivity index (χ1) is 8.07. The van der Waals surface area contributed by atoms with Crippen LogP contribution < -0.4 is 5.32 Å². The maximum Gasteiger partial charge on any atom is 0.186 e. The number of ether oxygens (including phenoxy) is 4. The van der Waals surface area contributed by atoms with Gasteiger partial charge in [0.05, 0.1) is 0 Å². The van der Waals surface area contributed by atoms with Gasteiger partial charge in [0.25, 0.3) is 0 Å². The van der Waals surface area contributed by atoms with Crippen molar-refractivity contribution in [3.05, 3.63) is 12.7 Å². The molecule has 5 nitrogen and oxygen atoms in total. The van der Waals surface area contributed by atoms with E-state index in [1.165, 1.54) is 0 Å². The molecule has 0 unspecified atom stereocenters. The van der Waals surface area contributed by atoms with Crippen LogP contribution in [0.3, 0.4) is 0 Å². The van der Waals surface area contributed by atoms with E-state index in [2.05, 4.69) is 11.9 Å². The van der Waals surface area contributed by atoms with Crippen molar-refractivity contribution in [2.75, 3.05) is 20.2 Å². The Morgan fingerprint density at radius 2 is 2.06 bits per heavy atom. The zero-order valence-electron chi connectivity index (χ0n) is 10.6. The predicted octanol–water partition coefficient (Wildman–Crippen LogP) is 0.653. The van der Waals surface area contributed by atoms with Gasteiger partial charge in [-0.15, -0.1) is 6.58 Å². The molecule has 2 aliphatic heterocycles. The van der Waals surface area contributed by atoms with E-state index in [9.17, 15) is 0 Å². The first kappa shape index (κ1) is 13.0. The monoisotopic (exact) mass is 243 g/mol. The van der Waals surface area contributed by atoms with Crippen LogP contribution in [0.25, 0.3) is 0 Å². The van der Waals surface area contributed by atoms with Crippen LogP contribution in [0, 0.1) is 0 Å². The molecule has 2 saturated heterocycles. The van der Waals surface area contributed by atoms with E-state index in [1.807, 2.05) is 19.9 Å². The van der Waals surface area contributed by atoms with E-state index < -0.39 is 5.79 Å². The number of nitrogens with one attached hydrogen (secondary N) is 1. The summed E-state index contributed by atoms with van der Waals surface area (Å²) in [5.74, 6) is -0.563. The Morgan fingerprint density at radius 3 is 2.71 bits per heavy atom. The molecule has 0 bridgehead atoms. The molecule has 5 heteroatoms. The fourth-order valence-electron chi connectivity index (χ4n) is 2.32. The maximum atomic E-state index is 5.86. The molecule has 0 spiro atoms. The fraction of sp³-hybridized carbons (Fsp3) is 0.833. The lowest BCUT2D eigenvalue weighted by Gasteiger charge is -2.23. The van der Waals surface area contributed by atoms with Crippen molar-refractivity contribution in [1.29, 1.82) is 0 Å². The zero-order chi connectivity index (χ0) is 12.5. The van der Waals surface area contributed by atoms with E-state index in [0.717, 1.165) is 6.54 Å². The minimum Gasteiger partial charge on any atom is -0.353 e. The van der Waals surface area contributed by atoms with E-state index in [-0.39, 0.29) is 24.6 Å². The van der Waals surface area contributed by atoms with Crippen LogP contribution in [0.15, 0.2) is 12.7 Å². The summed E-state index contributed by atoms with van der Waals surface area (Å²) in [5.41, 5.74) is 0. The van der Waals surface area contributed by atoms with Crippen molar-refractivity contribution in [2.45, 2.75) is 44.2 Å². The highest BCUT2D eigenvalue weighted by Crippen LogP contribution is 2.38. The van der Waals surface area contributed by atoms with Crippen molar-refractivity contribution in [3.8, 4) is 0 Å². The Morgan fingerprint density at radius 1 is 1.35 bits per heavy atom. The van der Waals surface area contributed by atoms with Crippen molar-refractivity contribution < 1.29 is 18.9 Å². The summed E-state index contributed by atoms with van der Waals surface area (Å²) in [7, 11) is 1.62. The molecule has 0 aromatic carbocycles. The van der Waals surface area contributed by atoms with E-state index in [1.54, 1.807) is 7.11 Å². The minimum atomic E-state index is -0.563. The van der Waals surface area contributed by atoms with Gasteiger partial charge >= 0.3 is 0 Å². The number of fused-ring (bicyclic) bond motifs is 1. The Hall–Kier alpha value is -0.460. The van der Waals surface area contributed by atoms with Gasteiger partial charge in [-0.05, 0) is 13.8 Å². The van der Waals surface area contributed by atoms with Crippen molar-refractivity contribution in [2.24, 2.45) is 0 Å². The average molecular weight is 243 g/mol. The molecule has 17 heavy (non-hydrogen) atoms. The smallest absolute Gasteiger partial charge is 0.186 e. The van der Waals surface area contributed by atoms with Crippen molar-refractivity contribution in [3.63, 3.8) is 0 Å². The molecule has 2 rings (SSSR count). The molecule has 0 amide bonds. The summed E-state index contributed by atoms with van der Waals surface area (Å²) in [6.45, 7) is 8.93. The normalized spacial score (nSPS) is 39.2. The van der Waals surface area contributed by atoms with Gasteiger partial charge in [-0.25, -0.2) is 0 Å². The van der Waals surface area contributed by atoms with Crippen LogP contribution in [0.2, 0.25) is 0 Å². The largest absolute Gasteiger partial charge is 0.353 e. The maximum absolute atomic E-state index is 5.86. The molecule has 0 saturated carbocycles. The predicted molar refractivity (Wildman–Crippen MR) is 62.6 cm³/mol. The summed E-state index contributed by atoms with van der Waals surface area (Å²) in [6.07, 6.45) is 1.19. The van der Waals surface area contributed by atoms with E-state index in [0.29, 0.717) is 6.54 Å². The number of hydrogen-bond acceptors (Lipinski definition) is 5. The third kappa shape index (κ3) is 2.69.